The third-order valence-electron chi connectivity index (χ3n) is 3.46. The summed E-state index contributed by atoms with van der Waals surface area (Å²) in [5.74, 6) is 1.51. The lowest BCUT2D eigenvalue weighted by Gasteiger charge is -2.08. The van der Waals surface area contributed by atoms with Crippen LogP contribution < -0.4 is 15.4 Å². The second-order valence-corrected chi connectivity index (χ2v) is 5.05. The van der Waals surface area contributed by atoms with Crippen molar-refractivity contribution in [1.82, 2.24) is 5.32 Å². The number of rotatable bonds is 7. The fraction of sp³-hybridized carbons (Fsp3) is 0.533. The fourth-order valence-corrected chi connectivity index (χ4v) is 2.32. The molecule has 2 N–H and O–H groups in total. The molecule has 0 spiro atoms. The summed E-state index contributed by atoms with van der Waals surface area (Å²) < 4.78 is 5.12. The molecule has 0 heterocycles. The number of ether oxygens (including phenoxy) is 1. The van der Waals surface area contributed by atoms with Gasteiger partial charge in [-0.1, -0.05) is 19.4 Å². The maximum Gasteiger partial charge on any atom is 0.238 e. The Balaban J connectivity index is 1.72. The Labute approximate surface area is 114 Å². The van der Waals surface area contributed by atoms with Crippen LogP contribution in [-0.2, 0) is 4.79 Å². The predicted octanol–water partition coefficient (Wildman–Crippen LogP) is 2.41. The molecule has 2 rings (SSSR count). The highest BCUT2D eigenvalue weighted by molar-refractivity contribution is 5.92. The zero-order valence-corrected chi connectivity index (χ0v) is 11.6. The van der Waals surface area contributed by atoms with Gasteiger partial charge in [-0.3, -0.25) is 4.79 Å². The quantitative estimate of drug-likeness (QED) is 0.793. The van der Waals surface area contributed by atoms with Gasteiger partial charge in [-0.2, -0.15) is 0 Å². The van der Waals surface area contributed by atoms with Crippen molar-refractivity contribution in [2.75, 3.05) is 19.0 Å². The van der Waals surface area contributed by atoms with Crippen molar-refractivity contribution in [2.45, 2.75) is 32.2 Å². The molecule has 1 fully saturated rings. The van der Waals surface area contributed by atoms with Crippen LogP contribution in [0.25, 0.3) is 0 Å². The molecule has 104 valence electrons. The molecule has 2 unspecified atom stereocenters. The third-order valence-corrected chi connectivity index (χ3v) is 3.46. The molecule has 0 radical (unpaired) electrons. The van der Waals surface area contributed by atoms with Crippen LogP contribution >= 0.6 is 0 Å². The van der Waals surface area contributed by atoms with E-state index in [-0.39, 0.29) is 5.91 Å². The van der Waals surface area contributed by atoms with Crippen LogP contribution in [0.15, 0.2) is 24.3 Å². The number of anilines is 1. The van der Waals surface area contributed by atoms with Crippen molar-refractivity contribution < 1.29 is 9.53 Å². The first-order valence-electron chi connectivity index (χ1n) is 6.90. The lowest BCUT2D eigenvalue weighted by Crippen LogP contribution is -2.30. The molecule has 4 heteroatoms. The minimum absolute atomic E-state index is 0.00426. The lowest BCUT2D eigenvalue weighted by atomic mass is 10.2. The fourth-order valence-electron chi connectivity index (χ4n) is 2.32. The summed E-state index contributed by atoms with van der Waals surface area (Å²) in [6.07, 6.45) is 3.69. The second kappa shape index (κ2) is 6.57. The van der Waals surface area contributed by atoms with Crippen LogP contribution in [0.1, 0.15) is 26.2 Å². The van der Waals surface area contributed by atoms with Crippen LogP contribution in [0.2, 0.25) is 0 Å². The van der Waals surface area contributed by atoms with Crippen LogP contribution in [0.4, 0.5) is 5.69 Å². The van der Waals surface area contributed by atoms with Crippen molar-refractivity contribution in [3.63, 3.8) is 0 Å². The first kappa shape index (κ1) is 13.9. The predicted molar refractivity (Wildman–Crippen MR) is 76.4 cm³/mol. The summed E-state index contributed by atoms with van der Waals surface area (Å²) in [6, 6.07) is 7.93. The maximum atomic E-state index is 11.8. The van der Waals surface area contributed by atoms with Gasteiger partial charge in [0.15, 0.2) is 0 Å². The number of carbonyl (C=O) groups is 1. The van der Waals surface area contributed by atoms with E-state index >= 15 is 0 Å². The Kier molecular flexibility index (Phi) is 4.80. The van der Waals surface area contributed by atoms with Gasteiger partial charge in [-0.05, 0) is 30.9 Å². The highest BCUT2D eigenvalue weighted by Gasteiger charge is 2.35. The van der Waals surface area contributed by atoms with Crippen LogP contribution in [0.5, 0.6) is 5.75 Å². The van der Waals surface area contributed by atoms with Crippen LogP contribution in [0.3, 0.4) is 0 Å². The van der Waals surface area contributed by atoms with Crippen molar-refractivity contribution in [3.8, 4) is 5.75 Å². The molecule has 1 aliphatic carbocycles. The molecule has 2 atom stereocenters. The first-order valence-corrected chi connectivity index (χ1v) is 6.90. The monoisotopic (exact) mass is 262 g/mol. The lowest BCUT2D eigenvalue weighted by molar-refractivity contribution is -0.115. The molecular formula is C15H22N2O2. The molecule has 1 aromatic carbocycles. The number of nitrogens with one attached hydrogen (secondary N) is 2. The van der Waals surface area contributed by atoms with Crippen molar-refractivity contribution in [2.24, 2.45) is 5.92 Å². The van der Waals surface area contributed by atoms with Crippen molar-refractivity contribution >= 4 is 11.6 Å². The van der Waals surface area contributed by atoms with Crippen molar-refractivity contribution in [1.29, 1.82) is 0 Å². The molecule has 19 heavy (non-hydrogen) atoms. The van der Waals surface area contributed by atoms with E-state index in [4.69, 9.17) is 4.74 Å². The van der Waals surface area contributed by atoms with Gasteiger partial charge in [-0.15, -0.1) is 0 Å². The topological polar surface area (TPSA) is 50.4 Å². The van der Waals surface area contributed by atoms with E-state index in [2.05, 4.69) is 17.6 Å². The average molecular weight is 262 g/mol. The molecule has 1 amide bonds. The van der Waals surface area contributed by atoms with Gasteiger partial charge in [0.2, 0.25) is 5.91 Å². The second-order valence-electron chi connectivity index (χ2n) is 5.05. The molecule has 0 aliphatic heterocycles. The number of benzene rings is 1. The van der Waals surface area contributed by atoms with Gasteiger partial charge in [0.25, 0.3) is 0 Å². The SMILES string of the molecule is CCCC1CC1NCC(=O)Nc1cccc(OC)c1. The van der Waals surface area contributed by atoms with Crippen LogP contribution in [0, 0.1) is 5.92 Å². The minimum Gasteiger partial charge on any atom is -0.497 e. The standard InChI is InChI=1S/C15H22N2O2/c1-3-5-11-8-14(11)16-10-15(18)17-12-6-4-7-13(9-12)19-2/h4,6-7,9,11,14,16H,3,5,8,10H2,1-2H3,(H,17,18). The van der Waals surface area contributed by atoms with Crippen LogP contribution in [-0.4, -0.2) is 25.6 Å². The molecule has 1 aliphatic rings. The molecule has 1 aromatic rings. The average Bonchev–Trinajstić information content (AvgIpc) is 3.15. The Bertz CT molecular complexity index is 434. The third kappa shape index (κ3) is 4.24. The summed E-state index contributed by atoms with van der Waals surface area (Å²) in [7, 11) is 1.61. The van der Waals surface area contributed by atoms with E-state index in [1.807, 2.05) is 24.3 Å². The molecular weight excluding hydrogens is 240 g/mol. The molecule has 0 saturated heterocycles. The Morgan fingerprint density at radius 1 is 1.47 bits per heavy atom. The van der Waals surface area contributed by atoms with Gasteiger partial charge in [-0.25, -0.2) is 0 Å². The Hall–Kier alpha value is -1.55. The molecule has 0 bridgehead atoms. The highest BCUT2D eigenvalue weighted by atomic mass is 16.5. The summed E-state index contributed by atoms with van der Waals surface area (Å²) in [6.45, 7) is 2.58. The maximum absolute atomic E-state index is 11.8. The van der Waals surface area contributed by atoms with Gasteiger partial charge in [0, 0.05) is 17.8 Å². The number of hydrogen-bond donors (Lipinski definition) is 2. The largest absolute Gasteiger partial charge is 0.497 e. The number of hydrogen-bond acceptors (Lipinski definition) is 3. The summed E-state index contributed by atoms with van der Waals surface area (Å²) in [5, 5.41) is 6.16. The van der Waals surface area contributed by atoms with Gasteiger partial charge in [0.1, 0.15) is 5.75 Å². The van der Waals surface area contributed by atoms with Gasteiger partial charge >= 0.3 is 0 Å². The van der Waals surface area contributed by atoms with E-state index < -0.39 is 0 Å². The van der Waals surface area contributed by atoms with Gasteiger partial charge in [0.05, 0.1) is 13.7 Å². The number of carbonyl (C=O) groups excluding carboxylic acids is 1. The summed E-state index contributed by atoms with van der Waals surface area (Å²) >= 11 is 0. The zero-order valence-electron chi connectivity index (χ0n) is 11.6. The van der Waals surface area contributed by atoms with E-state index in [0.717, 1.165) is 17.4 Å². The van der Waals surface area contributed by atoms with Crippen molar-refractivity contribution in [3.05, 3.63) is 24.3 Å². The number of methoxy groups -OCH3 is 1. The highest BCUT2D eigenvalue weighted by Crippen LogP contribution is 2.34. The van der Waals surface area contributed by atoms with E-state index in [1.54, 1.807) is 7.11 Å². The smallest absolute Gasteiger partial charge is 0.238 e. The van der Waals surface area contributed by atoms with E-state index in [9.17, 15) is 4.79 Å². The molecule has 4 nitrogen and oxygen atoms in total. The molecule has 1 saturated carbocycles. The first-order chi connectivity index (χ1) is 9.22. The minimum atomic E-state index is -0.00426. The van der Waals surface area contributed by atoms with Gasteiger partial charge < -0.3 is 15.4 Å². The summed E-state index contributed by atoms with van der Waals surface area (Å²) in [5.41, 5.74) is 0.770. The van der Waals surface area contributed by atoms with E-state index in [1.165, 1.54) is 19.3 Å². The summed E-state index contributed by atoms with van der Waals surface area (Å²) in [4.78, 5) is 11.8. The zero-order chi connectivity index (χ0) is 13.7. The Morgan fingerprint density at radius 2 is 2.32 bits per heavy atom. The normalized spacial score (nSPS) is 20.9. The van der Waals surface area contributed by atoms with E-state index in [0.29, 0.717) is 12.6 Å². The molecule has 0 aromatic heterocycles. The number of amides is 1. The Morgan fingerprint density at radius 3 is 3.05 bits per heavy atom.